The predicted molar refractivity (Wildman–Crippen MR) is 84.9 cm³/mol. The number of aromatic nitrogens is 3. The van der Waals surface area contributed by atoms with Gasteiger partial charge in [0.25, 0.3) is 0 Å². The first-order chi connectivity index (χ1) is 10.3. The highest BCUT2D eigenvalue weighted by molar-refractivity contribution is 5.74. The topological polar surface area (TPSA) is 56.7 Å². The third-order valence-electron chi connectivity index (χ3n) is 3.81. The molecule has 1 unspecified atom stereocenters. The van der Waals surface area contributed by atoms with Crippen molar-refractivity contribution in [1.29, 1.82) is 0 Å². The monoisotopic (exact) mass is 280 g/mol. The van der Waals surface area contributed by atoms with Crippen LogP contribution in [0.3, 0.4) is 0 Å². The SMILES string of the molecule is CCn1c(C(N)CCc2ccccc2)nc2cnccc21. The Morgan fingerprint density at radius 3 is 2.76 bits per heavy atom. The second kappa shape index (κ2) is 6.06. The molecule has 0 radical (unpaired) electrons. The van der Waals surface area contributed by atoms with Gasteiger partial charge in [-0.05, 0) is 31.4 Å². The average molecular weight is 280 g/mol. The predicted octanol–water partition coefficient (Wildman–Crippen LogP) is 3.08. The van der Waals surface area contributed by atoms with E-state index >= 15 is 0 Å². The van der Waals surface area contributed by atoms with Gasteiger partial charge in [0.05, 0.1) is 17.8 Å². The van der Waals surface area contributed by atoms with Crippen LogP contribution in [0.5, 0.6) is 0 Å². The van der Waals surface area contributed by atoms with Crippen molar-refractivity contribution >= 4 is 11.0 Å². The Hall–Kier alpha value is -2.20. The maximum Gasteiger partial charge on any atom is 0.126 e. The summed E-state index contributed by atoms with van der Waals surface area (Å²) in [6.07, 6.45) is 5.46. The van der Waals surface area contributed by atoms with E-state index in [2.05, 4.69) is 45.7 Å². The van der Waals surface area contributed by atoms with E-state index in [1.165, 1.54) is 5.56 Å². The fourth-order valence-electron chi connectivity index (χ4n) is 2.71. The zero-order chi connectivity index (χ0) is 14.7. The van der Waals surface area contributed by atoms with Crippen molar-refractivity contribution < 1.29 is 0 Å². The van der Waals surface area contributed by atoms with Gasteiger partial charge in [-0.15, -0.1) is 0 Å². The van der Waals surface area contributed by atoms with Gasteiger partial charge in [-0.1, -0.05) is 30.3 Å². The minimum absolute atomic E-state index is 0.0578. The third kappa shape index (κ3) is 2.81. The van der Waals surface area contributed by atoms with Gasteiger partial charge in [0.15, 0.2) is 0 Å². The summed E-state index contributed by atoms with van der Waals surface area (Å²) in [4.78, 5) is 8.81. The van der Waals surface area contributed by atoms with E-state index < -0.39 is 0 Å². The van der Waals surface area contributed by atoms with Crippen molar-refractivity contribution in [1.82, 2.24) is 14.5 Å². The number of hydrogen-bond donors (Lipinski definition) is 1. The molecule has 4 heteroatoms. The molecular weight excluding hydrogens is 260 g/mol. The molecule has 0 aliphatic rings. The van der Waals surface area contributed by atoms with Gasteiger partial charge in [-0.25, -0.2) is 4.98 Å². The minimum Gasteiger partial charge on any atom is -0.327 e. The summed E-state index contributed by atoms with van der Waals surface area (Å²) in [6, 6.07) is 12.4. The van der Waals surface area contributed by atoms with Crippen LogP contribution in [0.4, 0.5) is 0 Å². The van der Waals surface area contributed by atoms with E-state index in [1.54, 1.807) is 12.4 Å². The van der Waals surface area contributed by atoms with Crippen LogP contribution < -0.4 is 5.73 Å². The molecule has 0 spiro atoms. The van der Waals surface area contributed by atoms with Crippen LogP contribution in [0, 0.1) is 0 Å². The van der Waals surface area contributed by atoms with Gasteiger partial charge in [-0.2, -0.15) is 0 Å². The number of nitrogens with two attached hydrogens (primary N) is 1. The molecule has 2 N–H and O–H groups in total. The van der Waals surface area contributed by atoms with Crippen LogP contribution >= 0.6 is 0 Å². The van der Waals surface area contributed by atoms with E-state index in [0.29, 0.717) is 0 Å². The normalized spacial score (nSPS) is 12.7. The van der Waals surface area contributed by atoms with Gasteiger partial charge in [0, 0.05) is 12.7 Å². The minimum atomic E-state index is -0.0578. The molecule has 0 fully saturated rings. The highest BCUT2D eigenvalue weighted by Crippen LogP contribution is 2.22. The largest absolute Gasteiger partial charge is 0.327 e. The third-order valence-corrected chi connectivity index (χ3v) is 3.81. The van der Waals surface area contributed by atoms with E-state index in [9.17, 15) is 0 Å². The molecule has 0 bridgehead atoms. The van der Waals surface area contributed by atoms with Crippen LogP contribution in [-0.2, 0) is 13.0 Å². The second-order valence-electron chi connectivity index (χ2n) is 5.21. The molecule has 0 saturated carbocycles. The quantitative estimate of drug-likeness (QED) is 0.781. The summed E-state index contributed by atoms with van der Waals surface area (Å²) in [5.41, 5.74) is 9.72. The van der Waals surface area contributed by atoms with E-state index in [1.807, 2.05) is 12.1 Å². The molecule has 1 atom stereocenters. The number of pyridine rings is 1. The molecule has 0 aliphatic heterocycles. The van der Waals surface area contributed by atoms with Gasteiger partial charge in [-0.3, -0.25) is 4.98 Å². The van der Waals surface area contributed by atoms with Crippen molar-refractivity contribution in [2.45, 2.75) is 32.4 Å². The number of fused-ring (bicyclic) bond motifs is 1. The first-order valence-electron chi connectivity index (χ1n) is 7.39. The summed E-state index contributed by atoms with van der Waals surface area (Å²) in [6.45, 7) is 2.99. The molecule has 0 aliphatic carbocycles. The van der Waals surface area contributed by atoms with Crippen LogP contribution in [0.1, 0.15) is 30.8 Å². The number of rotatable bonds is 5. The molecule has 0 saturated heterocycles. The molecule has 108 valence electrons. The first-order valence-corrected chi connectivity index (χ1v) is 7.39. The van der Waals surface area contributed by atoms with Crippen LogP contribution in [0.25, 0.3) is 11.0 Å². The van der Waals surface area contributed by atoms with Gasteiger partial charge in [0.1, 0.15) is 11.3 Å². The van der Waals surface area contributed by atoms with Crippen LogP contribution in [0.2, 0.25) is 0 Å². The van der Waals surface area contributed by atoms with Crippen LogP contribution in [0.15, 0.2) is 48.8 Å². The van der Waals surface area contributed by atoms with Gasteiger partial charge >= 0.3 is 0 Å². The van der Waals surface area contributed by atoms with Crippen molar-refractivity contribution in [3.63, 3.8) is 0 Å². The lowest BCUT2D eigenvalue weighted by molar-refractivity contribution is 0.573. The second-order valence-corrected chi connectivity index (χ2v) is 5.21. The zero-order valence-corrected chi connectivity index (χ0v) is 12.2. The number of aryl methyl sites for hydroxylation is 2. The Labute approximate surface area is 124 Å². The van der Waals surface area contributed by atoms with Crippen molar-refractivity contribution in [2.75, 3.05) is 0 Å². The molecule has 2 heterocycles. The molecule has 21 heavy (non-hydrogen) atoms. The number of benzene rings is 1. The maximum atomic E-state index is 6.38. The lowest BCUT2D eigenvalue weighted by atomic mass is 10.1. The average Bonchev–Trinajstić information content (AvgIpc) is 2.92. The van der Waals surface area contributed by atoms with E-state index in [-0.39, 0.29) is 6.04 Å². The Morgan fingerprint density at radius 2 is 2.00 bits per heavy atom. The van der Waals surface area contributed by atoms with Crippen molar-refractivity contribution in [3.05, 3.63) is 60.2 Å². The molecule has 4 nitrogen and oxygen atoms in total. The van der Waals surface area contributed by atoms with Gasteiger partial charge < -0.3 is 10.3 Å². The Bertz CT molecular complexity index is 718. The van der Waals surface area contributed by atoms with E-state index in [4.69, 9.17) is 5.73 Å². The number of hydrogen-bond acceptors (Lipinski definition) is 3. The van der Waals surface area contributed by atoms with Crippen molar-refractivity contribution in [2.24, 2.45) is 5.73 Å². The highest BCUT2D eigenvalue weighted by atomic mass is 15.1. The Morgan fingerprint density at radius 1 is 1.19 bits per heavy atom. The molecule has 3 aromatic rings. The maximum absolute atomic E-state index is 6.38. The summed E-state index contributed by atoms with van der Waals surface area (Å²) in [5, 5.41) is 0. The van der Waals surface area contributed by atoms with Gasteiger partial charge in [0.2, 0.25) is 0 Å². The molecular formula is C17H20N4. The molecule has 0 amide bonds. The van der Waals surface area contributed by atoms with E-state index in [0.717, 1.165) is 36.2 Å². The summed E-state index contributed by atoms with van der Waals surface area (Å²) in [7, 11) is 0. The van der Waals surface area contributed by atoms with Crippen molar-refractivity contribution in [3.8, 4) is 0 Å². The smallest absolute Gasteiger partial charge is 0.126 e. The highest BCUT2D eigenvalue weighted by Gasteiger charge is 2.16. The fourth-order valence-corrected chi connectivity index (χ4v) is 2.71. The first kappa shape index (κ1) is 13.8. The molecule has 3 rings (SSSR count). The molecule has 2 aromatic heterocycles. The number of imidazole rings is 1. The fraction of sp³-hybridized carbons (Fsp3) is 0.294. The lowest BCUT2D eigenvalue weighted by Crippen LogP contribution is -2.17. The summed E-state index contributed by atoms with van der Waals surface area (Å²) < 4.78 is 2.19. The lowest BCUT2D eigenvalue weighted by Gasteiger charge is -2.13. The summed E-state index contributed by atoms with van der Waals surface area (Å²) >= 11 is 0. The summed E-state index contributed by atoms with van der Waals surface area (Å²) in [5.74, 6) is 0.955. The standard InChI is InChI=1S/C17H20N4/c1-2-21-16-10-11-19-12-15(16)20-17(21)14(18)9-8-13-6-4-3-5-7-13/h3-7,10-12,14H,2,8-9,18H2,1H3. The number of nitrogens with zero attached hydrogens (tertiary/aromatic N) is 3. The Kier molecular flexibility index (Phi) is 3.97. The molecule has 1 aromatic carbocycles. The Balaban J connectivity index is 1.82. The van der Waals surface area contributed by atoms with Crippen LogP contribution in [-0.4, -0.2) is 14.5 Å². The zero-order valence-electron chi connectivity index (χ0n) is 12.2.